The van der Waals surface area contributed by atoms with E-state index >= 15 is 0 Å². The van der Waals surface area contributed by atoms with Crippen molar-refractivity contribution in [3.63, 3.8) is 0 Å². The fraction of sp³-hybridized carbons (Fsp3) is 0.235. The van der Waals surface area contributed by atoms with Crippen LogP contribution in [0.25, 0.3) is 0 Å². The fourth-order valence-corrected chi connectivity index (χ4v) is 2.02. The average molecular weight is 284 g/mol. The maximum atomic E-state index is 11.9. The lowest BCUT2D eigenvalue weighted by atomic mass is 10.1. The van der Waals surface area contributed by atoms with Crippen LogP contribution in [0.15, 0.2) is 54.6 Å². The Morgan fingerprint density at radius 1 is 1.10 bits per heavy atom. The Balaban J connectivity index is 1.92. The van der Waals surface area contributed by atoms with E-state index in [1.54, 1.807) is 0 Å². The molecule has 0 aliphatic rings. The summed E-state index contributed by atoms with van der Waals surface area (Å²) in [6.45, 7) is 0. The molecule has 0 aromatic heterocycles. The Kier molecular flexibility index (Phi) is 4.95. The Bertz CT molecular complexity index is 579. The SMILES string of the molecule is CN(C)c1ccc(NC(=O)CC(O)c2ccccc2)cc1. The van der Waals surface area contributed by atoms with E-state index in [0.29, 0.717) is 0 Å². The van der Waals surface area contributed by atoms with Crippen LogP contribution < -0.4 is 10.2 Å². The van der Waals surface area contributed by atoms with Crippen molar-refractivity contribution < 1.29 is 9.90 Å². The largest absolute Gasteiger partial charge is 0.388 e. The van der Waals surface area contributed by atoms with E-state index < -0.39 is 6.10 Å². The van der Waals surface area contributed by atoms with Gasteiger partial charge in [-0.3, -0.25) is 4.79 Å². The van der Waals surface area contributed by atoms with Crippen LogP contribution >= 0.6 is 0 Å². The molecule has 0 saturated carbocycles. The minimum atomic E-state index is -0.785. The van der Waals surface area contributed by atoms with Gasteiger partial charge < -0.3 is 15.3 Å². The third-order valence-corrected chi connectivity index (χ3v) is 3.23. The molecule has 1 unspecified atom stereocenters. The fourth-order valence-electron chi connectivity index (χ4n) is 2.02. The predicted molar refractivity (Wildman–Crippen MR) is 85.4 cm³/mol. The summed E-state index contributed by atoms with van der Waals surface area (Å²) in [4.78, 5) is 13.9. The minimum Gasteiger partial charge on any atom is -0.388 e. The molecule has 4 heteroatoms. The summed E-state index contributed by atoms with van der Waals surface area (Å²) in [5.74, 6) is -0.205. The van der Waals surface area contributed by atoms with E-state index in [1.807, 2.05) is 73.6 Å². The van der Waals surface area contributed by atoms with Gasteiger partial charge in [-0.1, -0.05) is 30.3 Å². The van der Waals surface area contributed by atoms with Crippen molar-refractivity contribution >= 4 is 17.3 Å². The number of benzene rings is 2. The highest BCUT2D eigenvalue weighted by Gasteiger charge is 2.12. The topological polar surface area (TPSA) is 52.6 Å². The van der Waals surface area contributed by atoms with E-state index in [-0.39, 0.29) is 12.3 Å². The van der Waals surface area contributed by atoms with E-state index in [1.165, 1.54) is 0 Å². The standard InChI is InChI=1S/C17H20N2O2/c1-19(2)15-10-8-14(9-11-15)18-17(21)12-16(20)13-6-4-3-5-7-13/h3-11,16,20H,12H2,1-2H3,(H,18,21). The van der Waals surface area contributed by atoms with Crippen molar-refractivity contribution in [1.82, 2.24) is 0 Å². The third-order valence-electron chi connectivity index (χ3n) is 3.23. The van der Waals surface area contributed by atoms with Gasteiger partial charge in [-0.25, -0.2) is 0 Å². The van der Waals surface area contributed by atoms with E-state index in [9.17, 15) is 9.90 Å². The third kappa shape index (κ3) is 4.33. The number of nitrogens with one attached hydrogen (secondary N) is 1. The van der Waals surface area contributed by atoms with Crippen molar-refractivity contribution in [2.45, 2.75) is 12.5 Å². The molecule has 0 spiro atoms. The number of aliphatic hydroxyl groups excluding tert-OH is 1. The van der Waals surface area contributed by atoms with Crippen LogP contribution in [0, 0.1) is 0 Å². The van der Waals surface area contributed by atoms with Gasteiger partial charge in [0.25, 0.3) is 0 Å². The highest BCUT2D eigenvalue weighted by Crippen LogP contribution is 2.19. The molecule has 0 saturated heterocycles. The average Bonchev–Trinajstić information content (AvgIpc) is 2.48. The van der Waals surface area contributed by atoms with Crippen molar-refractivity contribution in [2.24, 2.45) is 0 Å². The number of rotatable bonds is 5. The van der Waals surface area contributed by atoms with Crippen LogP contribution in [0.1, 0.15) is 18.1 Å². The van der Waals surface area contributed by atoms with Gasteiger partial charge >= 0.3 is 0 Å². The minimum absolute atomic E-state index is 0.0411. The van der Waals surface area contributed by atoms with Crippen molar-refractivity contribution in [3.05, 3.63) is 60.2 Å². The molecule has 0 fully saturated rings. The number of aliphatic hydroxyl groups is 1. The Morgan fingerprint density at radius 3 is 2.29 bits per heavy atom. The molecule has 0 aliphatic carbocycles. The van der Waals surface area contributed by atoms with Crippen molar-refractivity contribution in [2.75, 3.05) is 24.3 Å². The highest BCUT2D eigenvalue weighted by atomic mass is 16.3. The Morgan fingerprint density at radius 2 is 1.71 bits per heavy atom. The number of carbonyl (C=O) groups excluding carboxylic acids is 1. The highest BCUT2D eigenvalue weighted by molar-refractivity contribution is 5.91. The molecule has 21 heavy (non-hydrogen) atoms. The Labute approximate surface area is 125 Å². The summed E-state index contributed by atoms with van der Waals surface area (Å²) in [5, 5.41) is 12.8. The zero-order valence-corrected chi connectivity index (χ0v) is 12.3. The summed E-state index contributed by atoms with van der Waals surface area (Å²) in [7, 11) is 3.92. The summed E-state index contributed by atoms with van der Waals surface area (Å²) in [6.07, 6.45) is -0.744. The van der Waals surface area contributed by atoms with Crippen LogP contribution in [-0.2, 0) is 4.79 Å². The molecular formula is C17H20N2O2. The summed E-state index contributed by atoms with van der Waals surface area (Å²) >= 11 is 0. The van der Waals surface area contributed by atoms with E-state index in [0.717, 1.165) is 16.9 Å². The molecule has 0 bridgehead atoms. The molecule has 1 atom stereocenters. The maximum Gasteiger partial charge on any atom is 0.227 e. The lowest BCUT2D eigenvalue weighted by Gasteiger charge is -2.14. The molecule has 110 valence electrons. The van der Waals surface area contributed by atoms with Gasteiger partial charge in [0.15, 0.2) is 0 Å². The number of hydrogen-bond donors (Lipinski definition) is 2. The first kappa shape index (κ1) is 15.1. The number of carbonyl (C=O) groups is 1. The van der Waals surface area contributed by atoms with Gasteiger partial charge in [-0.15, -0.1) is 0 Å². The molecule has 2 aromatic carbocycles. The lowest BCUT2D eigenvalue weighted by Crippen LogP contribution is -2.15. The van der Waals surface area contributed by atoms with Crippen LogP contribution in [0.3, 0.4) is 0 Å². The van der Waals surface area contributed by atoms with Gasteiger partial charge in [-0.05, 0) is 29.8 Å². The first-order valence-corrected chi connectivity index (χ1v) is 6.86. The quantitative estimate of drug-likeness (QED) is 0.887. The zero-order valence-electron chi connectivity index (χ0n) is 12.3. The van der Waals surface area contributed by atoms with Gasteiger partial charge in [0.05, 0.1) is 12.5 Å². The monoisotopic (exact) mass is 284 g/mol. The van der Waals surface area contributed by atoms with Crippen LogP contribution in [0.2, 0.25) is 0 Å². The summed E-state index contributed by atoms with van der Waals surface area (Å²) < 4.78 is 0. The number of anilines is 2. The van der Waals surface area contributed by atoms with Gasteiger partial charge in [-0.2, -0.15) is 0 Å². The molecule has 2 aromatic rings. The molecule has 4 nitrogen and oxygen atoms in total. The second-order valence-electron chi connectivity index (χ2n) is 5.12. The first-order chi connectivity index (χ1) is 10.1. The molecule has 1 amide bonds. The maximum absolute atomic E-state index is 11.9. The van der Waals surface area contributed by atoms with Gasteiger partial charge in [0.2, 0.25) is 5.91 Å². The summed E-state index contributed by atoms with van der Waals surface area (Å²) in [6, 6.07) is 16.7. The van der Waals surface area contributed by atoms with Gasteiger partial charge in [0.1, 0.15) is 0 Å². The van der Waals surface area contributed by atoms with E-state index in [2.05, 4.69) is 5.32 Å². The van der Waals surface area contributed by atoms with Crippen LogP contribution in [0.5, 0.6) is 0 Å². The van der Waals surface area contributed by atoms with E-state index in [4.69, 9.17) is 0 Å². The second-order valence-corrected chi connectivity index (χ2v) is 5.12. The summed E-state index contributed by atoms with van der Waals surface area (Å²) in [5.41, 5.74) is 2.54. The first-order valence-electron chi connectivity index (χ1n) is 6.86. The smallest absolute Gasteiger partial charge is 0.227 e. The number of nitrogens with zero attached hydrogens (tertiary/aromatic N) is 1. The molecule has 2 N–H and O–H groups in total. The predicted octanol–water partition coefficient (Wildman–Crippen LogP) is 2.81. The Hall–Kier alpha value is -2.33. The molecule has 0 aliphatic heterocycles. The molecule has 0 radical (unpaired) electrons. The lowest BCUT2D eigenvalue weighted by molar-refractivity contribution is -0.118. The molecule has 0 heterocycles. The molecular weight excluding hydrogens is 264 g/mol. The number of hydrogen-bond acceptors (Lipinski definition) is 3. The van der Waals surface area contributed by atoms with Crippen LogP contribution in [0.4, 0.5) is 11.4 Å². The number of amides is 1. The van der Waals surface area contributed by atoms with Gasteiger partial charge in [0, 0.05) is 25.5 Å². The normalized spacial score (nSPS) is 11.8. The van der Waals surface area contributed by atoms with Crippen molar-refractivity contribution in [3.8, 4) is 0 Å². The van der Waals surface area contributed by atoms with Crippen molar-refractivity contribution in [1.29, 1.82) is 0 Å². The van der Waals surface area contributed by atoms with Crippen LogP contribution in [-0.4, -0.2) is 25.1 Å². The second kappa shape index (κ2) is 6.90. The molecule has 2 rings (SSSR count). The zero-order chi connectivity index (χ0) is 15.2.